The van der Waals surface area contributed by atoms with Gasteiger partial charge >= 0.3 is 0 Å². The van der Waals surface area contributed by atoms with Crippen molar-refractivity contribution in [2.75, 3.05) is 40.0 Å². The van der Waals surface area contributed by atoms with Crippen molar-refractivity contribution in [3.05, 3.63) is 0 Å². The van der Waals surface area contributed by atoms with Gasteiger partial charge in [-0.1, -0.05) is 0 Å². The Labute approximate surface area is 77.7 Å². The largest absolute Gasteiger partial charge is 0.394 e. The Kier molecular flexibility index (Phi) is 4.14. The van der Waals surface area contributed by atoms with Gasteiger partial charge < -0.3 is 15.2 Å². The number of ether oxygens (including phenoxy) is 1. The number of amides is 1. The van der Waals surface area contributed by atoms with Gasteiger partial charge in [0.15, 0.2) is 0 Å². The van der Waals surface area contributed by atoms with E-state index < -0.39 is 0 Å². The van der Waals surface area contributed by atoms with E-state index >= 15 is 0 Å². The standard InChI is InChI=1S/C8H16N2O3/c1-13-3-2-10-4-7(6-11)9-8(12)5-10/h7,11H,2-6H2,1H3,(H,9,12). The maximum Gasteiger partial charge on any atom is 0.234 e. The first-order chi connectivity index (χ1) is 6.26. The molecule has 0 saturated carbocycles. The van der Waals surface area contributed by atoms with Crippen molar-refractivity contribution in [2.24, 2.45) is 0 Å². The Balaban J connectivity index is 2.33. The average Bonchev–Trinajstić information content (AvgIpc) is 2.14. The predicted molar refractivity (Wildman–Crippen MR) is 47.3 cm³/mol. The van der Waals surface area contributed by atoms with Gasteiger partial charge in [0, 0.05) is 20.2 Å². The number of aliphatic hydroxyl groups excluding tert-OH is 1. The molecule has 1 unspecified atom stereocenters. The lowest BCUT2D eigenvalue weighted by Crippen LogP contribution is -2.55. The van der Waals surface area contributed by atoms with E-state index in [4.69, 9.17) is 9.84 Å². The van der Waals surface area contributed by atoms with Gasteiger partial charge in [0.2, 0.25) is 5.91 Å². The van der Waals surface area contributed by atoms with Crippen LogP contribution in [0.15, 0.2) is 0 Å². The van der Waals surface area contributed by atoms with Crippen molar-refractivity contribution in [2.45, 2.75) is 6.04 Å². The summed E-state index contributed by atoms with van der Waals surface area (Å²) in [6.45, 7) is 2.45. The van der Waals surface area contributed by atoms with Crippen molar-refractivity contribution in [1.29, 1.82) is 0 Å². The maximum atomic E-state index is 11.1. The molecule has 5 nitrogen and oxygen atoms in total. The molecule has 0 spiro atoms. The number of methoxy groups -OCH3 is 1. The van der Waals surface area contributed by atoms with Gasteiger partial charge in [0.25, 0.3) is 0 Å². The molecule has 1 amide bonds. The smallest absolute Gasteiger partial charge is 0.234 e. The molecule has 0 radical (unpaired) electrons. The van der Waals surface area contributed by atoms with Crippen LogP contribution in [0.4, 0.5) is 0 Å². The van der Waals surface area contributed by atoms with Crippen LogP contribution in [-0.4, -0.2) is 61.9 Å². The second-order valence-corrected chi connectivity index (χ2v) is 3.17. The molecule has 5 heteroatoms. The molecular weight excluding hydrogens is 172 g/mol. The van der Waals surface area contributed by atoms with Crippen LogP contribution >= 0.6 is 0 Å². The predicted octanol–water partition coefficient (Wildman–Crippen LogP) is -1.57. The molecular formula is C8H16N2O3. The normalized spacial score (nSPS) is 24.5. The summed E-state index contributed by atoms with van der Waals surface area (Å²) in [5.41, 5.74) is 0. The molecule has 1 aliphatic rings. The van der Waals surface area contributed by atoms with Gasteiger partial charge in [-0.2, -0.15) is 0 Å². The van der Waals surface area contributed by atoms with Crippen LogP contribution in [0.3, 0.4) is 0 Å². The zero-order valence-electron chi connectivity index (χ0n) is 7.82. The van der Waals surface area contributed by atoms with Gasteiger partial charge in [-0.3, -0.25) is 9.69 Å². The fraction of sp³-hybridized carbons (Fsp3) is 0.875. The number of nitrogens with one attached hydrogen (secondary N) is 1. The van der Waals surface area contributed by atoms with Gasteiger partial charge in [-0.05, 0) is 0 Å². The van der Waals surface area contributed by atoms with Gasteiger partial charge in [-0.25, -0.2) is 0 Å². The summed E-state index contributed by atoms with van der Waals surface area (Å²) < 4.78 is 4.91. The number of carbonyl (C=O) groups excluding carboxylic acids is 1. The summed E-state index contributed by atoms with van der Waals surface area (Å²) >= 11 is 0. The van der Waals surface area contributed by atoms with Gasteiger partial charge in [0.1, 0.15) is 0 Å². The minimum Gasteiger partial charge on any atom is -0.394 e. The van der Waals surface area contributed by atoms with E-state index in [1.807, 2.05) is 4.90 Å². The lowest BCUT2D eigenvalue weighted by molar-refractivity contribution is -0.126. The molecule has 76 valence electrons. The van der Waals surface area contributed by atoms with E-state index in [1.54, 1.807) is 7.11 Å². The second-order valence-electron chi connectivity index (χ2n) is 3.17. The van der Waals surface area contributed by atoms with Gasteiger partial charge in [0.05, 0.1) is 25.8 Å². The first-order valence-corrected chi connectivity index (χ1v) is 4.37. The van der Waals surface area contributed by atoms with Crippen molar-refractivity contribution in [3.63, 3.8) is 0 Å². The number of hydrogen-bond acceptors (Lipinski definition) is 4. The molecule has 13 heavy (non-hydrogen) atoms. The second kappa shape index (κ2) is 5.16. The molecule has 2 N–H and O–H groups in total. The molecule has 1 rings (SSSR count). The van der Waals surface area contributed by atoms with Crippen LogP contribution in [0.2, 0.25) is 0 Å². The highest BCUT2D eigenvalue weighted by Gasteiger charge is 2.23. The molecule has 1 heterocycles. The lowest BCUT2D eigenvalue weighted by atomic mass is 10.2. The summed E-state index contributed by atoms with van der Waals surface area (Å²) in [6.07, 6.45) is 0. The molecule has 0 bridgehead atoms. The van der Waals surface area contributed by atoms with E-state index in [2.05, 4.69) is 5.32 Å². The van der Waals surface area contributed by atoms with Crippen LogP contribution in [-0.2, 0) is 9.53 Å². The lowest BCUT2D eigenvalue weighted by Gasteiger charge is -2.31. The number of nitrogens with zero attached hydrogens (tertiary/aromatic N) is 1. The summed E-state index contributed by atoms with van der Waals surface area (Å²) in [7, 11) is 1.63. The Morgan fingerprint density at radius 2 is 2.54 bits per heavy atom. The summed E-state index contributed by atoms with van der Waals surface area (Å²) in [5.74, 6) is -0.0265. The number of piperazine rings is 1. The average molecular weight is 188 g/mol. The van der Waals surface area contributed by atoms with Crippen molar-refractivity contribution in [3.8, 4) is 0 Å². The first-order valence-electron chi connectivity index (χ1n) is 4.37. The van der Waals surface area contributed by atoms with Crippen molar-refractivity contribution >= 4 is 5.91 Å². The molecule has 1 atom stereocenters. The summed E-state index contributed by atoms with van der Waals surface area (Å²) in [6, 6.07) is -0.127. The molecule has 1 fully saturated rings. The Bertz CT molecular complexity index is 175. The Morgan fingerprint density at radius 3 is 3.15 bits per heavy atom. The van der Waals surface area contributed by atoms with Crippen molar-refractivity contribution in [1.82, 2.24) is 10.2 Å². The molecule has 0 aliphatic carbocycles. The third-order valence-corrected chi connectivity index (χ3v) is 2.04. The van der Waals surface area contributed by atoms with Crippen LogP contribution in [0.1, 0.15) is 0 Å². The summed E-state index contributed by atoms with van der Waals surface area (Å²) in [4.78, 5) is 13.1. The van der Waals surface area contributed by atoms with Crippen LogP contribution in [0, 0.1) is 0 Å². The minimum absolute atomic E-state index is 0.00474. The topological polar surface area (TPSA) is 61.8 Å². The van der Waals surface area contributed by atoms with Crippen LogP contribution in [0.25, 0.3) is 0 Å². The summed E-state index contributed by atoms with van der Waals surface area (Å²) in [5, 5.41) is 11.6. The highest BCUT2D eigenvalue weighted by molar-refractivity contribution is 5.79. The van der Waals surface area contributed by atoms with E-state index in [0.717, 1.165) is 6.54 Å². The van der Waals surface area contributed by atoms with E-state index in [0.29, 0.717) is 19.7 Å². The zero-order valence-corrected chi connectivity index (χ0v) is 7.82. The fourth-order valence-corrected chi connectivity index (χ4v) is 1.39. The van der Waals surface area contributed by atoms with Crippen LogP contribution in [0.5, 0.6) is 0 Å². The van der Waals surface area contributed by atoms with E-state index in [1.165, 1.54) is 0 Å². The van der Waals surface area contributed by atoms with E-state index in [9.17, 15) is 4.79 Å². The first kappa shape index (κ1) is 10.4. The highest BCUT2D eigenvalue weighted by atomic mass is 16.5. The van der Waals surface area contributed by atoms with Crippen molar-refractivity contribution < 1.29 is 14.6 Å². The number of rotatable bonds is 4. The molecule has 0 aromatic carbocycles. The third kappa shape index (κ3) is 3.30. The SMILES string of the molecule is COCCN1CC(=O)NC(CO)C1. The Hall–Kier alpha value is -0.650. The van der Waals surface area contributed by atoms with E-state index in [-0.39, 0.29) is 18.6 Å². The number of hydrogen-bond donors (Lipinski definition) is 2. The minimum atomic E-state index is -0.127. The molecule has 0 aromatic heterocycles. The van der Waals surface area contributed by atoms with Crippen LogP contribution < -0.4 is 5.32 Å². The highest BCUT2D eigenvalue weighted by Crippen LogP contribution is 1.98. The number of carbonyl (C=O) groups is 1. The molecule has 0 aromatic rings. The quantitative estimate of drug-likeness (QED) is 0.559. The zero-order chi connectivity index (χ0) is 9.68. The Morgan fingerprint density at radius 1 is 1.77 bits per heavy atom. The fourth-order valence-electron chi connectivity index (χ4n) is 1.39. The number of aliphatic hydroxyl groups is 1. The maximum absolute atomic E-state index is 11.1. The monoisotopic (exact) mass is 188 g/mol. The third-order valence-electron chi connectivity index (χ3n) is 2.04. The molecule has 1 aliphatic heterocycles. The molecule has 1 saturated heterocycles. The van der Waals surface area contributed by atoms with Gasteiger partial charge in [-0.15, -0.1) is 0 Å².